The Bertz CT molecular complexity index is 346. The number of rotatable bonds is 3. The molecule has 21 heavy (non-hydrogen) atoms. The molecular weight excluding hydrogens is 266 g/mol. The van der Waals surface area contributed by atoms with Crippen molar-refractivity contribution in [1.82, 2.24) is 9.80 Å². The van der Waals surface area contributed by atoms with Gasteiger partial charge in [-0.1, -0.05) is 0 Å². The van der Waals surface area contributed by atoms with Gasteiger partial charge < -0.3 is 20.3 Å². The second-order valence-electron chi connectivity index (χ2n) is 7.56. The molecule has 0 aromatic carbocycles. The molecular formula is C16H31N3O2. The molecule has 0 bridgehead atoms. The summed E-state index contributed by atoms with van der Waals surface area (Å²) in [7, 11) is 0. The summed E-state index contributed by atoms with van der Waals surface area (Å²) in [6.45, 7) is 11.7. The Labute approximate surface area is 128 Å². The number of likely N-dealkylation sites (tertiary alicyclic amines) is 2. The fourth-order valence-corrected chi connectivity index (χ4v) is 3.24. The molecule has 2 aliphatic rings. The molecule has 1 amide bonds. The number of piperidine rings is 1. The SMILES string of the molecule is CC(C)(C)OC(=O)N1CCC(CN2CCC(CN)CC2)C1. The quantitative estimate of drug-likeness (QED) is 0.864. The summed E-state index contributed by atoms with van der Waals surface area (Å²) >= 11 is 0. The van der Waals surface area contributed by atoms with Crippen molar-refractivity contribution in [2.75, 3.05) is 39.3 Å². The molecule has 2 aliphatic heterocycles. The van der Waals surface area contributed by atoms with Crippen LogP contribution in [0.5, 0.6) is 0 Å². The number of amides is 1. The third-order valence-corrected chi connectivity index (χ3v) is 4.49. The van der Waals surface area contributed by atoms with E-state index in [0.717, 1.165) is 45.7 Å². The number of nitrogens with two attached hydrogens (primary N) is 1. The summed E-state index contributed by atoms with van der Waals surface area (Å²) in [6.07, 6.45) is 3.38. The fraction of sp³-hybridized carbons (Fsp3) is 0.938. The van der Waals surface area contributed by atoms with Gasteiger partial charge in [0.25, 0.3) is 0 Å². The first kappa shape index (κ1) is 16.6. The summed E-state index contributed by atoms with van der Waals surface area (Å²) in [5.41, 5.74) is 5.33. The van der Waals surface area contributed by atoms with Gasteiger partial charge in [-0.05, 0) is 71.5 Å². The first-order valence-electron chi connectivity index (χ1n) is 8.27. The maximum absolute atomic E-state index is 12.1. The lowest BCUT2D eigenvalue weighted by molar-refractivity contribution is 0.0284. The highest BCUT2D eigenvalue weighted by Gasteiger charge is 2.31. The summed E-state index contributed by atoms with van der Waals surface area (Å²) in [5, 5.41) is 0. The number of hydrogen-bond acceptors (Lipinski definition) is 4. The van der Waals surface area contributed by atoms with Gasteiger partial charge in [-0.15, -0.1) is 0 Å². The molecule has 0 radical (unpaired) electrons. The van der Waals surface area contributed by atoms with Crippen molar-refractivity contribution >= 4 is 6.09 Å². The van der Waals surface area contributed by atoms with Crippen LogP contribution in [0.15, 0.2) is 0 Å². The molecule has 5 nitrogen and oxygen atoms in total. The van der Waals surface area contributed by atoms with Crippen molar-refractivity contribution in [3.05, 3.63) is 0 Å². The zero-order valence-corrected chi connectivity index (χ0v) is 13.8. The van der Waals surface area contributed by atoms with Gasteiger partial charge in [0.2, 0.25) is 0 Å². The molecule has 0 aromatic rings. The highest BCUT2D eigenvalue weighted by molar-refractivity contribution is 5.68. The molecule has 0 aliphatic carbocycles. The van der Waals surface area contributed by atoms with Crippen molar-refractivity contribution in [3.63, 3.8) is 0 Å². The van der Waals surface area contributed by atoms with Crippen molar-refractivity contribution in [1.29, 1.82) is 0 Å². The Morgan fingerprint density at radius 3 is 2.33 bits per heavy atom. The van der Waals surface area contributed by atoms with E-state index in [4.69, 9.17) is 10.5 Å². The molecule has 0 spiro atoms. The molecule has 1 unspecified atom stereocenters. The molecule has 1 atom stereocenters. The number of hydrogen-bond donors (Lipinski definition) is 1. The monoisotopic (exact) mass is 297 g/mol. The van der Waals surface area contributed by atoms with Crippen LogP contribution in [0.4, 0.5) is 4.79 Å². The number of carbonyl (C=O) groups excluding carboxylic acids is 1. The molecule has 2 heterocycles. The summed E-state index contributed by atoms with van der Waals surface area (Å²) in [6, 6.07) is 0. The molecule has 2 saturated heterocycles. The second kappa shape index (κ2) is 6.97. The average Bonchev–Trinajstić information content (AvgIpc) is 2.86. The first-order valence-corrected chi connectivity index (χ1v) is 8.27. The highest BCUT2D eigenvalue weighted by atomic mass is 16.6. The van der Waals surface area contributed by atoms with Gasteiger partial charge >= 0.3 is 6.09 Å². The molecule has 2 N–H and O–H groups in total. The van der Waals surface area contributed by atoms with E-state index in [2.05, 4.69) is 4.90 Å². The smallest absolute Gasteiger partial charge is 0.410 e. The summed E-state index contributed by atoms with van der Waals surface area (Å²) in [5.74, 6) is 1.30. The number of ether oxygens (including phenoxy) is 1. The molecule has 2 fully saturated rings. The predicted octanol–water partition coefficient (Wildman–Crippen LogP) is 1.91. The van der Waals surface area contributed by atoms with E-state index >= 15 is 0 Å². The van der Waals surface area contributed by atoms with Crippen molar-refractivity contribution in [2.24, 2.45) is 17.6 Å². The highest BCUT2D eigenvalue weighted by Crippen LogP contribution is 2.23. The Balaban J connectivity index is 1.72. The molecule has 2 rings (SSSR count). The van der Waals surface area contributed by atoms with Crippen molar-refractivity contribution in [2.45, 2.75) is 45.6 Å². The Morgan fingerprint density at radius 2 is 1.76 bits per heavy atom. The van der Waals surface area contributed by atoms with Crippen LogP contribution in [-0.2, 0) is 4.74 Å². The normalized spacial score (nSPS) is 25.3. The van der Waals surface area contributed by atoms with E-state index in [1.54, 1.807) is 0 Å². The van der Waals surface area contributed by atoms with Crippen LogP contribution in [0.2, 0.25) is 0 Å². The van der Waals surface area contributed by atoms with E-state index < -0.39 is 5.60 Å². The zero-order valence-electron chi connectivity index (χ0n) is 13.8. The van der Waals surface area contributed by atoms with Crippen molar-refractivity contribution < 1.29 is 9.53 Å². The van der Waals surface area contributed by atoms with Crippen LogP contribution in [0, 0.1) is 11.8 Å². The van der Waals surface area contributed by atoms with E-state index in [0.29, 0.717) is 11.8 Å². The van der Waals surface area contributed by atoms with Crippen LogP contribution in [0.25, 0.3) is 0 Å². The largest absolute Gasteiger partial charge is 0.444 e. The van der Waals surface area contributed by atoms with E-state index in [1.807, 2.05) is 25.7 Å². The average molecular weight is 297 g/mol. The van der Waals surface area contributed by atoms with E-state index in [-0.39, 0.29) is 6.09 Å². The van der Waals surface area contributed by atoms with Crippen LogP contribution in [-0.4, -0.2) is 60.8 Å². The first-order chi connectivity index (χ1) is 9.87. The Morgan fingerprint density at radius 1 is 1.14 bits per heavy atom. The van der Waals surface area contributed by atoms with E-state index in [1.165, 1.54) is 12.8 Å². The van der Waals surface area contributed by atoms with Crippen molar-refractivity contribution in [3.8, 4) is 0 Å². The van der Waals surface area contributed by atoms with Gasteiger partial charge in [-0.25, -0.2) is 4.79 Å². The maximum atomic E-state index is 12.1. The summed E-state index contributed by atoms with van der Waals surface area (Å²) < 4.78 is 5.45. The Kier molecular flexibility index (Phi) is 5.49. The predicted molar refractivity (Wildman–Crippen MR) is 84.1 cm³/mol. The number of carbonyl (C=O) groups is 1. The third-order valence-electron chi connectivity index (χ3n) is 4.49. The Hall–Kier alpha value is -0.810. The minimum atomic E-state index is -0.403. The second-order valence-corrected chi connectivity index (χ2v) is 7.56. The van der Waals surface area contributed by atoms with Crippen LogP contribution < -0.4 is 5.73 Å². The zero-order chi connectivity index (χ0) is 15.5. The molecule has 122 valence electrons. The minimum Gasteiger partial charge on any atom is -0.444 e. The maximum Gasteiger partial charge on any atom is 0.410 e. The van der Waals surface area contributed by atoms with Gasteiger partial charge in [-0.2, -0.15) is 0 Å². The van der Waals surface area contributed by atoms with E-state index in [9.17, 15) is 4.79 Å². The van der Waals surface area contributed by atoms with Gasteiger partial charge in [0.05, 0.1) is 0 Å². The molecule has 5 heteroatoms. The minimum absolute atomic E-state index is 0.160. The van der Waals surface area contributed by atoms with Gasteiger partial charge in [-0.3, -0.25) is 0 Å². The fourth-order valence-electron chi connectivity index (χ4n) is 3.24. The van der Waals surface area contributed by atoms with Crippen LogP contribution >= 0.6 is 0 Å². The molecule has 0 aromatic heterocycles. The summed E-state index contributed by atoms with van der Waals surface area (Å²) in [4.78, 5) is 16.5. The van der Waals surface area contributed by atoms with Crippen LogP contribution in [0.3, 0.4) is 0 Å². The topological polar surface area (TPSA) is 58.8 Å². The van der Waals surface area contributed by atoms with Gasteiger partial charge in [0.15, 0.2) is 0 Å². The third kappa shape index (κ3) is 5.15. The lowest BCUT2D eigenvalue weighted by atomic mass is 9.96. The standard InChI is InChI=1S/C16H31N3O2/c1-16(2,3)21-15(20)19-9-6-14(12-19)11-18-7-4-13(10-17)5-8-18/h13-14H,4-12,17H2,1-3H3. The van der Waals surface area contributed by atoms with Gasteiger partial charge in [0.1, 0.15) is 5.60 Å². The number of nitrogens with zero attached hydrogens (tertiary/aromatic N) is 2. The van der Waals surface area contributed by atoms with Crippen LogP contribution in [0.1, 0.15) is 40.0 Å². The molecule has 0 saturated carbocycles. The lowest BCUT2D eigenvalue weighted by Gasteiger charge is -2.33. The lowest BCUT2D eigenvalue weighted by Crippen LogP contribution is -2.40. The van der Waals surface area contributed by atoms with Gasteiger partial charge in [0, 0.05) is 19.6 Å².